The van der Waals surface area contributed by atoms with Crippen LogP contribution in [0.3, 0.4) is 0 Å². The summed E-state index contributed by atoms with van der Waals surface area (Å²) in [5.41, 5.74) is 7.77. The Labute approximate surface area is 93.0 Å². The Balaban J connectivity index is 2.10. The monoisotopic (exact) mass is 216 g/mol. The second kappa shape index (κ2) is 3.09. The molecule has 1 unspecified atom stereocenters. The minimum absolute atomic E-state index is 0.507. The Morgan fingerprint density at radius 2 is 2.00 bits per heavy atom. The fraction of sp³-hybridized carbons (Fsp3) is 0.250. The minimum atomic E-state index is -0.507. The minimum Gasteiger partial charge on any atom is -0.394 e. The molecule has 4 heteroatoms. The number of epoxide rings is 1. The first-order valence-corrected chi connectivity index (χ1v) is 5.16. The lowest BCUT2D eigenvalue weighted by Crippen LogP contribution is -2.11. The molecule has 0 aliphatic carbocycles. The van der Waals surface area contributed by atoms with Gasteiger partial charge < -0.3 is 15.0 Å². The van der Waals surface area contributed by atoms with Crippen molar-refractivity contribution in [1.82, 2.24) is 5.16 Å². The predicted octanol–water partition coefficient (Wildman–Crippen LogP) is 1.84. The average Bonchev–Trinajstić information content (AvgIpc) is 3.05. The van der Waals surface area contributed by atoms with Crippen LogP contribution in [0.5, 0.6) is 0 Å². The third-order valence-corrected chi connectivity index (χ3v) is 2.95. The molecule has 2 N–H and O–H groups in total. The molecule has 2 aromatic rings. The maximum Gasteiger partial charge on any atom is 0.198 e. The van der Waals surface area contributed by atoms with Gasteiger partial charge in [-0.1, -0.05) is 35.5 Å². The van der Waals surface area contributed by atoms with E-state index in [-0.39, 0.29) is 0 Å². The number of aryl methyl sites for hydroxylation is 1. The van der Waals surface area contributed by atoms with Crippen LogP contribution in [0.25, 0.3) is 0 Å². The summed E-state index contributed by atoms with van der Waals surface area (Å²) in [4.78, 5) is 0. The molecule has 4 nitrogen and oxygen atoms in total. The van der Waals surface area contributed by atoms with Crippen LogP contribution < -0.4 is 5.73 Å². The largest absolute Gasteiger partial charge is 0.394 e. The van der Waals surface area contributed by atoms with Gasteiger partial charge in [0.15, 0.2) is 11.4 Å². The van der Waals surface area contributed by atoms with E-state index < -0.39 is 5.60 Å². The number of hydrogen-bond donors (Lipinski definition) is 1. The SMILES string of the molecule is Cc1noc(C2(c3ccccc3)CO2)c1N. The summed E-state index contributed by atoms with van der Waals surface area (Å²) in [5, 5.41) is 3.87. The quantitative estimate of drug-likeness (QED) is 0.778. The highest BCUT2D eigenvalue weighted by atomic mass is 16.6. The summed E-state index contributed by atoms with van der Waals surface area (Å²) in [6, 6.07) is 9.92. The van der Waals surface area contributed by atoms with Crippen molar-refractivity contribution >= 4 is 5.69 Å². The molecular weight excluding hydrogens is 204 g/mol. The Bertz CT molecular complexity index is 515. The zero-order chi connectivity index (χ0) is 11.2. The van der Waals surface area contributed by atoms with Crippen LogP contribution in [-0.2, 0) is 10.3 Å². The Kier molecular flexibility index (Phi) is 1.82. The summed E-state index contributed by atoms with van der Waals surface area (Å²) in [5.74, 6) is 0.621. The maximum atomic E-state index is 5.93. The zero-order valence-corrected chi connectivity index (χ0v) is 8.93. The van der Waals surface area contributed by atoms with E-state index in [1.165, 1.54) is 0 Å². The number of ether oxygens (including phenoxy) is 1. The first-order chi connectivity index (χ1) is 7.74. The van der Waals surface area contributed by atoms with Crippen molar-refractivity contribution in [2.24, 2.45) is 0 Å². The van der Waals surface area contributed by atoms with E-state index in [0.29, 0.717) is 23.7 Å². The molecule has 1 aromatic carbocycles. The summed E-state index contributed by atoms with van der Waals surface area (Å²) < 4.78 is 10.8. The summed E-state index contributed by atoms with van der Waals surface area (Å²) in [6.07, 6.45) is 0. The van der Waals surface area contributed by atoms with Gasteiger partial charge in [-0.15, -0.1) is 0 Å². The van der Waals surface area contributed by atoms with Crippen molar-refractivity contribution < 1.29 is 9.26 Å². The highest BCUT2D eigenvalue weighted by Gasteiger charge is 2.53. The van der Waals surface area contributed by atoms with Crippen molar-refractivity contribution in [3.8, 4) is 0 Å². The molecule has 0 spiro atoms. The first-order valence-electron chi connectivity index (χ1n) is 5.16. The topological polar surface area (TPSA) is 64.6 Å². The van der Waals surface area contributed by atoms with Crippen molar-refractivity contribution in [2.75, 3.05) is 12.3 Å². The van der Waals surface area contributed by atoms with Crippen LogP contribution in [0.4, 0.5) is 5.69 Å². The number of hydrogen-bond acceptors (Lipinski definition) is 4. The van der Waals surface area contributed by atoms with Gasteiger partial charge in [0, 0.05) is 0 Å². The Hall–Kier alpha value is -1.81. The molecule has 3 rings (SSSR count). The highest BCUT2D eigenvalue weighted by molar-refractivity contribution is 5.53. The van der Waals surface area contributed by atoms with Gasteiger partial charge in [0.2, 0.25) is 0 Å². The lowest BCUT2D eigenvalue weighted by atomic mass is 9.96. The van der Waals surface area contributed by atoms with Gasteiger partial charge in [0.1, 0.15) is 11.4 Å². The standard InChI is InChI=1S/C12H12N2O2/c1-8-10(13)11(16-14-8)12(7-15-12)9-5-3-2-4-6-9/h2-6H,7,13H2,1H3. The molecule has 1 aromatic heterocycles. The number of nitrogens with zero attached hydrogens (tertiary/aromatic N) is 1. The van der Waals surface area contributed by atoms with Crippen LogP contribution >= 0.6 is 0 Å². The van der Waals surface area contributed by atoms with Crippen LogP contribution in [-0.4, -0.2) is 11.8 Å². The third kappa shape index (κ3) is 1.17. The fourth-order valence-corrected chi connectivity index (χ4v) is 1.88. The number of nitrogen functional groups attached to an aromatic ring is 1. The number of rotatable bonds is 2. The van der Waals surface area contributed by atoms with Crippen molar-refractivity contribution in [2.45, 2.75) is 12.5 Å². The molecule has 82 valence electrons. The van der Waals surface area contributed by atoms with Gasteiger partial charge in [-0.25, -0.2) is 0 Å². The van der Waals surface area contributed by atoms with Crippen molar-refractivity contribution in [1.29, 1.82) is 0 Å². The van der Waals surface area contributed by atoms with Gasteiger partial charge in [0.25, 0.3) is 0 Å². The molecule has 0 amide bonds. The van der Waals surface area contributed by atoms with E-state index in [1.807, 2.05) is 37.3 Å². The van der Waals surface area contributed by atoms with Crippen molar-refractivity contribution in [3.05, 3.63) is 47.3 Å². The molecule has 1 aliphatic heterocycles. The van der Waals surface area contributed by atoms with Gasteiger partial charge in [0.05, 0.1) is 6.61 Å². The van der Waals surface area contributed by atoms with Gasteiger partial charge >= 0.3 is 0 Å². The average molecular weight is 216 g/mol. The van der Waals surface area contributed by atoms with Crippen LogP contribution in [0.2, 0.25) is 0 Å². The van der Waals surface area contributed by atoms with E-state index in [1.54, 1.807) is 0 Å². The lowest BCUT2D eigenvalue weighted by molar-refractivity contribution is 0.274. The molecule has 1 fully saturated rings. The van der Waals surface area contributed by atoms with Gasteiger partial charge in [-0.05, 0) is 12.5 Å². The van der Waals surface area contributed by atoms with E-state index in [4.69, 9.17) is 15.0 Å². The van der Waals surface area contributed by atoms with Crippen LogP contribution in [0.15, 0.2) is 34.9 Å². The highest BCUT2D eigenvalue weighted by Crippen LogP contribution is 2.47. The van der Waals surface area contributed by atoms with Crippen LogP contribution in [0.1, 0.15) is 17.0 Å². The smallest absolute Gasteiger partial charge is 0.198 e. The molecular formula is C12H12N2O2. The van der Waals surface area contributed by atoms with E-state index in [9.17, 15) is 0 Å². The van der Waals surface area contributed by atoms with Crippen molar-refractivity contribution in [3.63, 3.8) is 0 Å². The predicted molar refractivity (Wildman–Crippen MR) is 58.8 cm³/mol. The van der Waals surface area contributed by atoms with E-state index >= 15 is 0 Å². The number of nitrogens with two attached hydrogens (primary N) is 1. The Morgan fingerprint density at radius 1 is 1.31 bits per heavy atom. The van der Waals surface area contributed by atoms with Gasteiger partial charge in [-0.3, -0.25) is 0 Å². The summed E-state index contributed by atoms with van der Waals surface area (Å²) in [7, 11) is 0. The fourth-order valence-electron chi connectivity index (χ4n) is 1.88. The molecule has 0 saturated carbocycles. The molecule has 2 heterocycles. The molecule has 1 atom stereocenters. The second-order valence-corrected chi connectivity index (χ2v) is 3.99. The zero-order valence-electron chi connectivity index (χ0n) is 8.93. The molecule has 1 saturated heterocycles. The third-order valence-electron chi connectivity index (χ3n) is 2.95. The van der Waals surface area contributed by atoms with Crippen LogP contribution in [0, 0.1) is 6.92 Å². The molecule has 16 heavy (non-hydrogen) atoms. The number of aromatic nitrogens is 1. The maximum absolute atomic E-state index is 5.93. The van der Waals surface area contributed by atoms with E-state index in [2.05, 4.69) is 5.16 Å². The first kappa shape index (κ1) is 9.42. The van der Waals surface area contributed by atoms with Gasteiger partial charge in [-0.2, -0.15) is 0 Å². The second-order valence-electron chi connectivity index (χ2n) is 3.99. The Morgan fingerprint density at radius 3 is 2.50 bits per heavy atom. The molecule has 0 bridgehead atoms. The summed E-state index contributed by atoms with van der Waals surface area (Å²) in [6.45, 7) is 2.42. The van der Waals surface area contributed by atoms with E-state index in [0.717, 1.165) is 5.56 Å². The molecule has 1 aliphatic rings. The summed E-state index contributed by atoms with van der Waals surface area (Å²) >= 11 is 0. The molecule has 0 radical (unpaired) electrons. The number of benzene rings is 1. The normalized spacial score (nSPS) is 23.3. The number of anilines is 1. The lowest BCUT2D eigenvalue weighted by Gasteiger charge is -2.08.